The summed E-state index contributed by atoms with van der Waals surface area (Å²) in [4.78, 5) is 13.6. The molecule has 1 fully saturated rings. The molecule has 0 radical (unpaired) electrons. The number of aliphatic hydroxyl groups is 2. The van der Waals surface area contributed by atoms with Crippen molar-refractivity contribution >= 4 is 5.91 Å². The van der Waals surface area contributed by atoms with Crippen molar-refractivity contribution in [2.45, 2.75) is 52.2 Å². The Morgan fingerprint density at radius 3 is 2.21 bits per heavy atom. The van der Waals surface area contributed by atoms with E-state index < -0.39 is 12.2 Å². The molecule has 1 saturated heterocycles. The summed E-state index contributed by atoms with van der Waals surface area (Å²) in [5, 5.41) is 18.9. The Bertz CT molecular complexity index is 292. The SMILES string of the molecule is CC(C)(C)C(CCN)CCC(=O)N1CC(O)C(O)C1. The van der Waals surface area contributed by atoms with Crippen LogP contribution in [-0.2, 0) is 4.79 Å². The van der Waals surface area contributed by atoms with Crippen LogP contribution < -0.4 is 5.73 Å². The fourth-order valence-corrected chi connectivity index (χ4v) is 2.64. The highest BCUT2D eigenvalue weighted by molar-refractivity contribution is 5.76. The van der Waals surface area contributed by atoms with Gasteiger partial charge in [0.05, 0.1) is 12.2 Å². The zero-order valence-corrected chi connectivity index (χ0v) is 12.3. The number of likely N-dealkylation sites (tertiary alicyclic amines) is 1. The molecule has 0 bridgehead atoms. The molecule has 0 aromatic rings. The van der Waals surface area contributed by atoms with E-state index in [9.17, 15) is 15.0 Å². The molecule has 19 heavy (non-hydrogen) atoms. The minimum absolute atomic E-state index is 0.0156. The fraction of sp³-hybridized carbons (Fsp3) is 0.929. The lowest BCUT2D eigenvalue weighted by molar-refractivity contribution is -0.131. The standard InChI is InChI=1S/C14H28N2O3/c1-14(2,3)10(6-7-15)4-5-13(19)16-8-11(17)12(18)9-16/h10-12,17-18H,4-9,15H2,1-3H3. The Morgan fingerprint density at radius 2 is 1.79 bits per heavy atom. The van der Waals surface area contributed by atoms with Gasteiger partial charge in [-0.25, -0.2) is 0 Å². The smallest absolute Gasteiger partial charge is 0.222 e. The van der Waals surface area contributed by atoms with E-state index in [-0.39, 0.29) is 24.4 Å². The van der Waals surface area contributed by atoms with Gasteiger partial charge < -0.3 is 20.8 Å². The average Bonchev–Trinajstić information content (AvgIpc) is 2.63. The van der Waals surface area contributed by atoms with Crippen LogP contribution in [0.15, 0.2) is 0 Å². The monoisotopic (exact) mass is 272 g/mol. The van der Waals surface area contributed by atoms with Crippen molar-refractivity contribution in [1.29, 1.82) is 0 Å². The number of amides is 1. The maximum atomic E-state index is 12.0. The lowest BCUT2D eigenvalue weighted by atomic mass is 9.76. The first-order valence-electron chi connectivity index (χ1n) is 7.09. The molecule has 1 amide bonds. The highest BCUT2D eigenvalue weighted by atomic mass is 16.3. The molecule has 0 aromatic carbocycles. The predicted octanol–water partition coefficient (Wildman–Crippen LogP) is 0.342. The van der Waals surface area contributed by atoms with E-state index >= 15 is 0 Å². The number of rotatable bonds is 5. The summed E-state index contributed by atoms with van der Waals surface area (Å²) in [7, 11) is 0. The zero-order chi connectivity index (χ0) is 14.6. The number of nitrogens with zero attached hydrogens (tertiary/aromatic N) is 1. The van der Waals surface area contributed by atoms with Gasteiger partial charge >= 0.3 is 0 Å². The summed E-state index contributed by atoms with van der Waals surface area (Å²) < 4.78 is 0. The third-order valence-corrected chi connectivity index (χ3v) is 4.06. The second-order valence-electron chi connectivity index (χ2n) is 6.61. The largest absolute Gasteiger partial charge is 0.388 e. The van der Waals surface area contributed by atoms with Crippen molar-refractivity contribution in [3.05, 3.63) is 0 Å². The second-order valence-corrected chi connectivity index (χ2v) is 6.61. The minimum Gasteiger partial charge on any atom is -0.388 e. The Labute approximate surface area is 115 Å². The van der Waals surface area contributed by atoms with Crippen LogP contribution in [0.2, 0.25) is 0 Å². The van der Waals surface area contributed by atoms with Crippen LogP contribution in [0.25, 0.3) is 0 Å². The molecule has 4 N–H and O–H groups in total. The third-order valence-electron chi connectivity index (χ3n) is 4.06. The van der Waals surface area contributed by atoms with E-state index in [1.54, 1.807) is 4.90 Å². The molecule has 0 saturated carbocycles. The number of carbonyl (C=O) groups excluding carboxylic acids is 1. The van der Waals surface area contributed by atoms with Crippen LogP contribution in [0.3, 0.4) is 0 Å². The molecule has 1 rings (SSSR count). The first kappa shape index (κ1) is 16.4. The summed E-state index contributed by atoms with van der Waals surface area (Å²) >= 11 is 0. The summed E-state index contributed by atoms with van der Waals surface area (Å²) in [6, 6.07) is 0. The summed E-state index contributed by atoms with van der Waals surface area (Å²) in [5.74, 6) is 0.431. The maximum Gasteiger partial charge on any atom is 0.222 e. The topological polar surface area (TPSA) is 86.8 Å². The van der Waals surface area contributed by atoms with Gasteiger partial charge in [-0.15, -0.1) is 0 Å². The molecular formula is C14H28N2O3. The Hall–Kier alpha value is -0.650. The molecule has 0 aliphatic carbocycles. The molecule has 112 valence electrons. The Balaban J connectivity index is 2.44. The van der Waals surface area contributed by atoms with Crippen LogP contribution in [0.5, 0.6) is 0 Å². The second kappa shape index (κ2) is 6.68. The van der Waals surface area contributed by atoms with Crippen molar-refractivity contribution < 1.29 is 15.0 Å². The molecule has 3 atom stereocenters. The van der Waals surface area contributed by atoms with Gasteiger partial charge in [0.25, 0.3) is 0 Å². The molecule has 0 spiro atoms. The van der Waals surface area contributed by atoms with Crippen molar-refractivity contribution in [3.63, 3.8) is 0 Å². The van der Waals surface area contributed by atoms with Gasteiger partial charge in [-0.2, -0.15) is 0 Å². The summed E-state index contributed by atoms with van der Waals surface area (Å²) in [5.41, 5.74) is 5.77. The number of β-amino-alcohol motifs (C(OH)–C–C–N with tert-alkyl or cyclic N) is 2. The highest BCUT2D eigenvalue weighted by Crippen LogP contribution is 2.32. The van der Waals surface area contributed by atoms with E-state index in [1.807, 2.05) is 0 Å². The lowest BCUT2D eigenvalue weighted by Gasteiger charge is -2.31. The zero-order valence-electron chi connectivity index (χ0n) is 12.3. The lowest BCUT2D eigenvalue weighted by Crippen LogP contribution is -2.31. The molecule has 5 heteroatoms. The first-order chi connectivity index (χ1) is 8.75. The van der Waals surface area contributed by atoms with Gasteiger partial charge in [0, 0.05) is 19.5 Å². The number of hydrogen-bond donors (Lipinski definition) is 3. The number of nitrogens with two attached hydrogens (primary N) is 1. The summed E-state index contributed by atoms with van der Waals surface area (Å²) in [6.07, 6.45) is 0.587. The fourth-order valence-electron chi connectivity index (χ4n) is 2.64. The van der Waals surface area contributed by atoms with Crippen LogP contribution in [0.4, 0.5) is 0 Å². The highest BCUT2D eigenvalue weighted by Gasteiger charge is 2.33. The number of carbonyl (C=O) groups is 1. The van der Waals surface area contributed by atoms with Crippen LogP contribution in [0, 0.1) is 11.3 Å². The van der Waals surface area contributed by atoms with Gasteiger partial charge in [-0.05, 0) is 30.7 Å². The van der Waals surface area contributed by atoms with E-state index in [0.29, 0.717) is 18.9 Å². The predicted molar refractivity (Wildman–Crippen MR) is 74.4 cm³/mol. The van der Waals surface area contributed by atoms with Gasteiger partial charge in [-0.1, -0.05) is 20.8 Å². The van der Waals surface area contributed by atoms with Crippen molar-refractivity contribution in [2.75, 3.05) is 19.6 Å². The number of hydrogen-bond acceptors (Lipinski definition) is 4. The van der Waals surface area contributed by atoms with E-state index in [0.717, 1.165) is 12.8 Å². The van der Waals surface area contributed by atoms with Crippen LogP contribution in [-0.4, -0.2) is 52.9 Å². The van der Waals surface area contributed by atoms with Gasteiger partial charge in [0.15, 0.2) is 0 Å². The van der Waals surface area contributed by atoms with E-state index in [2.05, 4.69) is 20.8 Å². The molecule has 1 heterocycles. The summed E-state index contributed by atoms with van der Waals surface area (Å²) in [6.45, 7) is 7.63. The van der Waals surface area contributed by atoms with Crippen molar-refractivity contribution in [2.24, 2.45) is 17.1 Å². The van der Waals surface area contributed by atoms with Gasteiger partial charge in [0.1, 0.15) is 0 Å². The molecule has 3 unspecified atom stereocenters. The maximum absolute atomic E-state index is 12.0. The van der Waals surface area contributed by atoms with E-state index in [1.165, 1.54) is 0 Å². The van der Waals surface area contributed by atoms with Crippen molar-refractivity contribution in [3.8, 4) is 0 Å². The molecule has 5 nitrogen and oxygen atoms in total. The Kier molecular flexibility index (Phi) is 5.77. The minimum atomic E-state index is -0.800. The molecule has 0 aromatic heterocycles. The average molecular weight is 272 g/mol. The quantitative estimate of drug-likeness (QED) is 0.673. The van der Waals surface area contributed by atoms with Crippen LogP contribution >= 0.6 is 0 Å². The van der Waals surface area contributed by atoms with Crippen LogP contribution in [0.1, 0.15) is 40.0 Å². The molecule has 1 aliphatic rings. The first-order valence-corrected chi connectivity index (χ1v) is 7.09. The Morgan fingerprint density at radius 1 is 1.26 bits per heavy atom. The number of aliphatic hydroxyl groups excluding tert-OH is 2. The molecule has 1 aliphatic heterocycles. The van der Waals surface area contributed by atoms with Gasteiger partial charge in [-0.3, -0.25) is 4.79 Å². The van der Waals surface area contributed by atoms with Gasteiger partial charge in [0.2, 0.25) is 5.91 Å². The molecular weight excluding hydrogens is 244 g/mol. The third kappa shape index (κ3) is 4.75. The normalized spacial score (nSPS) is 25.7. The van der Waals surface area contributed by atoms with Crippen molar-refractivity contribution in [1.82, 2.24) is 4.90 Å². The van der Waals surface area contributed by atoms with E-state index in [4.69, 9.17) is 5.73 Å².